The van der Waals surface area contributed by atoms with Crippen LogP contribution in [0.4, 0.5) is 27.8 Å². The molecule has 0 atom stereocenters. The quantitative estimate of drug-likeness (QED) is 0.417. The van der Waals surface area contributed by atoms with Crippen LogP contribution in [0.3, 0.4) is 0 Å². The number of aromatic nitrogens is 2. The number of thiophene rings is 1. The Morgan fingerprint density at radius 3 is 2.21 bits per heavy atom. The van der Waals surface area contributed by atoms with E-state index >= 15 is 0 Å². The Morgan fingerprint density at radius 2 is 1.50 bits per heavy atom. The standard InChI is InChI=1S/C21H17N5OS/c27-21(25-18-8-11-28-14-18)26-20-13-16(7-10-23-20)15-6-9-22-19(12-15)24-17-4-2-1-3-5-17/h1-14H,(H,22,24)(H2,23,25,26,27). The SMILES string of the molecule is O=C(Nc1ccsc1)Nc1cc(-c2ccnc(Nc3ccccc3)c2)ccn1. The molecule has 2 amide bonds. The number of carbonyl (C=O) groups is 1. The fraction of sp³-hybridized carbons (Fsp3) is 0. The molecule has 4 aromatic rings. The summed E-state index contributed by atoms with van der Waals surface area (Å²) >= 11 is 1.52. The van der Waals surface area contributed by atoms with Gasteiger partial charge in [-0.3, -0.25) is 5.32 Å². The molecule has 7 heteroatoms. The fourth-order valence-electron chi connectivity index (χ4n) is 2.64. The molecule has 0 aliphatic rings. The molecule has 0 saturated carbocycles. The Bertz CT molecular complexity index is 1070. The summed E-state index contributed by atoms with van der Waals surface area (Å²) in [5.74, 6) is 1.21. The highest BCUT2D eigenvalue weighted by Gasteiger charge is 2.07. The van der Waals surface area contributed by atoms with Gasteiger partial charge in [0.15, 0.2) is 0 Å². The van der Waals surface area contributed by atoms with Crippen LogP contribution in [-0.2, 0) is 0 Å². The predicted octanol–water partition coefficient (Wildman–Crippen LogP) is 5.59. The predicted molar refractivity (Wildman–Crippen MR) is 114 cm³/mol. The number of urea groups is 1. The van der Waals surface area contributed by atoms with E-state index in [2.05, 4.69) is 25.9 Å². The number of hydrogen-bond acceptors (Lipinski definition) is 5. The topological polar surface area (TPSA) is 78.9 Å². The number of carbonyl (C=O) groups excluding carboxylic acids is 1. The Kier molecular flexibility index (Phi) is 5.26. The molecule has 0 aliphatic heterocycles. The lowest BCUT2D eigenvalue weighted by atomic mass is 10.1. The number of pyridine rings is 2. The van der Waals surface area contributed by atoms with Crippen LogP contribution < -0.4 is 16.0 Å². The molecular weight excluding hydrogens is 370 g/mol. The van der Waals surface area contributed by atoms with Crippen LogP contribution in [0.5, 0.6) is 0 Å². The summed E-state index contributed by atoms with van der Waals surface area (Å²) in [5, 5.41) is 12.6. The maximum absolute atomic E-state index is 12.1. The van der Waals surface area contributed by atoms with Gasteiger partial charge in [0.2, 0.25) is 0 Å². The summed E-state index contributed by atoms with van der Waals surface area (Å²) in [6, 6.07) is 19.0. The second-order valence-electron chi connectivity index (χ2n) is 5.94. The molecule has 28 heavy (non-hydrogen) atoms. The minimum atomic E-state index is -0.329. The highest BCUT2D eigenvalue weighted by atomic mass is 32.1. The van der Waals surface area contributed by atoms with Gasteiger partial charge in [0.1, 0.15) is 11.6 Å². The van der Waals surface area contributed by atoms with E-state index in [0.717, 1.165) is 28.3 Å². The number of para-hydroxylation sites is 1. The number of hydrogen-bond donors (Lipinski definition) is 3. The summed E-state index contributed by atoms with van der Waals surface area (Å²) in [5.41, 5.74) is 3.62. The lowest BCUT2D eigenvalue weighted by molar-refractivity contribution is 0.262. The van der Waals surface area contributed by atoms with Crippen molar-refractivity contribution in [2.45, 2.75) is 0 Å². The van der Waals surface area contributed by atoms with E-state index in [-0.39, 0.29) is 6.03 Å². The van der Waals surface area contributed by atoms with Crippen molar-refractivity contribution in [2.75, 3.05) is 16.0 Å². The average Bonchev–Trinajstić information content (AvgIpc) is 3.22. The lowest BCUT2D eigenvalue weighted by Gasteiger charge is -2.09. The van der Waals surface area contributed by atoms with E-state index in [1.54, 1.807) is 12.4 Å². The van der Waals surface area contributed by atoms with Gasteiger partial charge in [-0.25, -0.2) is 14.8 Å². The van der Waals surface area contributed by atoms with Crippen molar-refractivity contribution in [3.63, 3.8) is 0 Å². The lowest BCUT2D eigenvalue weighted by Crippen LogP contribution is -2.19. The Balaban J connectivity index is 1.49. The third-order valence-corrected chi connectivity index (χ3v) is 4.60. The smallest absolute Gasteiger partial charge is 0.324 e. The molecule has 0 fully saturated rings. The molecule has 3 aromatic heterocycles. The van der Waals surface area contributed by atoms with Crippen molar-refractivity contribution >= 4 is 40.4 Å². The van der Waals surface area contributed by atoms with Crippen molar-refractivity contribution in [2.24, 2.45) is 0 Å². The van der Waals surface area contributed by atoms with Gasteiger partial charge >= 0.3 is 6.03 Å². The maximum Gasteiger partial charge on any atom is 0.324 e. The van der Waals surface area contributed by atoms with Gasteiger partial charge in [-0.2, -0.15) is 11.3 Å². The first-order chi connectivity index (χ1) is 13.8. The molecule has 1 aromatic carbocycles. The number of nitrogens with zero attached hydrogens (tertiary/aromatic N) is 2. The average molecular weight is 387 g/mol. The second-order valence-corrected chi connectivity index (χ2v) is 6.72. The molecule has 0 unspecified atom stereocenters. The molecule has 0 bridgehead atoms. The molecule has 0 saturated heterocycles. The largest absolute Gasteiger partial charge is 0.340 e. The van der Waals surface area contributed by atoms with E-state index in [1.165, 1.54) is 11.3 Å². The highest BCUT2D eigenvalue weighted by molar-refractivity contribution is 7.08. The van der Waals surface area contributed by atoms with Crippen LogP contribution >= 0.6 is 11.3 Å². The highest BCUT2D eigenvalue weighted by Crippen LogP contribution is 2.24. The zero-order valence-electron chi connectivity index (χ0n) is 14.8. The number of anilines is 4. The molecule has 3 N–H and O–H groups in total. The first kappa shape index (κ1) is 17.7. The Morgan fingerprint density at radius 1 is 0.786 bits per heavy atom. The normalized spacial score (nSPS) is 10.3. The molecule has 0 radical (unpaired) electrons. The molecule has 4 rings (SSSR count). The van der Waals surface area contributed by atoms with Gasteiger partial charge in [-0.1, -0.05) is 18.2 Å². The van der Waals surface area contributed by atoms with Crippen molar-refractivity contribution in [1.29, 1.82) is 0 Å². The minimum Gasteiger partial charge on any atom is -0.340 e. The number of rotatable bonds is 5. The summed E-state index contributed by atoms with van der Waals surface area (Å²) in [7, 11) is 0. The van der Waals surface area contributed by atoms with Crippen molar-refractivity contribution in [1.82, 2.24) is 9.97 Å². The summed E-state index contributed by atoms with van der Waals surface area (Å²) in [6.45, 7) is 0. The fourth-order valence-corrected chi connectivity index (χ4v) is 3.23. The van der Waals surface area contributed by atoms with Gasteiger partial charge in [0, 0.05) is 23.5 Å². The second kappa shape index (κ2) is 8.32. The van der Waals surface area contributed by atoms with Gasteiger partial charge < -0.3 is 10.6 Å². The van der Waals surface area contributed by atoms with E-state index in [4.69, 9.17) is 0 Å². The van der Waals surface area contributed by atoms with Crippen LogP contribution in [-0.4, -0.2) is 16.0 Å². The van der Waals surface area contributed by atoms with E-state index in [1.807, 2.05) is 71.4 Å². The molecule has 0 aliphatic carbocycles. The first-order valence-electron chi connectivity index (χ1n) is 8.61. The zero-order chi connectivity index (χ0) is 19.2. The zero-order valence-corrected chi connectivity index (χ0v) is 15.6. The number of amides is 2. The molecule has 0 spiro atoms. The van der Waals surface area contributed by atoms with Crippen LogP contribution in [0.1, 0.15) is 0 Å². The molecule has 6 nitrogen and oxygen atoms in total. The van der Waals surface area contributed by atoms with Gasteiger partial charge in [0.25, 0.3) is 0 Å². The third-order valence-electron chi connectivity index (χ3n) is 3.92. The van der Waals surface area contributed by atoms with Gasteiger partial charge in [-0.15, -0.1) is 0 Å². The van der Waals surface area contributed by atoms with Crippen LogP contribution in [0.15, 0.2) is 83.8 Å². The Labute approximate surface area is 166 Å². The summed E-state index contributed by atoms with van der Waals surface area (Å²) < 4.78 is 0. The maximum atomic E-state index is 12.1. The first-order valence-corrected chi connectivity index (χ1v) is 9.55. The van der Waals surface area contributed by atoms with E-state index in [0.29, 0.717) is 5.82 Å². The van der Waals surface area contributed by atoms with Crippen molar-refractivity contribution < 1.29 is 4.79 Å². The van der Waals surface area contributed by atoms with Crippen molar-refractivity contribution in [3.8, 4) is 11.1 Å². The molecule has 3 heterocycles. The van der Waals surface area contributed by atoms with Crippen LogP contribution in [0.25, 0.3) is 11.1 Å². The van der Waals surface area contributed by atoms with Crippen LogP contribution in [0.2, 0.25) is 0 Å². The Hall–Kier alpha value is -3.71. The summed E-state index contributed by atoms with van der Waals surface area (Å²) in [6.07, 6.45) is 3.41. The van der Waals surface area contributed by atoms with Gasteiger partial charge in [-0.05, 0) is 59.0 Å². The molecular formula is C21H17N5OS. The molecule has 138 valence electrons. The van der Waals surface area contributed by atoms with Gasteiger partial charge in [0.05, 0.1) is 5.69 Å². The third kappa shape index (κ3) is 4.52. The number of nitrogens with one attached hydrogen (secondary N) is 3. The van der Waals surface area contributed by atoms with E-state index in [9.17, 15) is 4.79 Å². The monoisotopic (exact) mass is 387 g/mol. The minimum absolute atomic E-state index is 0.329. The van der Waals surface area contributed by atoms with Crippen LogP contribution in [0, 0.1) is 0 Å². The van der Waals surface area contributed by atoms with E-state index < -0.39 is 0 Å². The van der Waals surface area contributed by atoms with Crippen molar-refractivity contribution in [3.05, 3.63) is 83.8 Å². The summed E-state index contributed by atoms with van der Waals surface area (Å²) in [4.78, 5) is 20.7. The number of benzene rings is 1.